The van der Waals surface area contributed by atoms with Crippen molar-refractivity contribution in [2.75, 3.05) is 5.32 Å². The highest BCUT2D eigenvalue weighted by molar-refractivity contribution is 6.00. The second-order valence-corrected chi connectivity index (χ2v) is 7.14. The van der Waals surface area contributed by atoms with Crippen molar-refractivity contribution in [2.45, 2.75) is 0 Å². The zero-order valence-corrected chi connectivity index (χ0v) is 16.0. The third-order valence-corrected chi connectivity index (χ3v) is 5.27. The molecule has 0 bridgehead atoms. The van der Waals surface area contributed by atoms with E-state index in [0.717, 1.165) is 11.4 Å². The van der Waals surface area contributed by atoms with E-state index in [2.05, 4.69) is 108 Å². The molecule has 0 unspecified atom stereocenters. The lowest BCUT2D eigenvalue weighted by molar-refractivity contribution is 1.54. The number of rotatable bonds is 4. The highest BCUT2D eigenvalue weighted by Crippen LogP contribution is 2.36. The summed E-state index contributed by atoms with van der Waals surface area (Å²) in [6.45, 7) is 0. The molecule has 0 atom stereocenters. The van der Waals surface area contributed by atoms with Gasteiger partial charge >= 0.3 is 0 Å². The van der Waals surface area contributed by atoms with Crippen LogP contribution in [0.3, 0.4) is 0 Å². The van der Waals surface area contributed by atoms with Gasteiger partial charge in [-0.15, -0.1) is 0 Å². The van der Waals surface area contributed by atoms with Crippen molar-refractivity contribution < 1.29 is 0 Å². The average Bonchev–Trinajstić information content (AvgIpc) is 2.80. The van der Waals surface area contributed by atoms with Crippen LogP contribution < -0.4 is 5.32 Å². The molecule has 0 aliphatic carbocycles. The summed E-state index contributed by atoms with van der Waals surface area (Å²) in [5, 5.41) is 6.00. The molecule has 5 aromatic carbocycles. The first-order valence-electron chi connectivity index (χ1n) is 9.88. The molecule has 0 aliphatic heterocycles. The first kappa shape index (κ1) is 17.3. The Balaban J connectivity index is 1.54. The van der Waals surface area contributed by atoms with E-state index in [1.165, 1.54) is 33.0 Å². The van der Waals surface area contributed by atoms with Crippen LogP contribution in [0.25, 0.3) is 33.0 Å². The second kappa shape index (κ2) is 7.65. The maximum atomic E-state index is 3.45. The number of benzene rings is 5. The first-order valence-corrected chi connectivity index (χ1v) is 9.88. The van der Waals surface area contributed by atoms with E-state index in [9.17, 15) is 0 Å². The van der Waals surface area contributed by atoms with Gasteiger partial charge in [0.1, 0.15) is 0 Å². The highest BCUT2D eigenvalue weighted by Gasteiger charge is 2.10. The standard InChI is InChI=1S/C28H21N/c1-2-11-23(12-3-1)29-24-19-17-22(18-20-24)26-14-6-7-15-27(26)28-16-8-10-21-9-4-5-13-25(21)28/h1-20,29H. The molecule has 0 aliphatic rings. The molecule has 0 spiro atoms. The zero-order valence-electron chi connectivity index (χ0n) is 16.0. The quantitative estimate of drug-likeness (QED) is 0.338. The van der Waals surface area contributed by atoms with Crippen molar-refractivity contribution in [1.29, 1.82) is 0 Å². The van der Waals surface area contributed by atoms with E-state index >= 15 is 0 Å². The summed E-state index contributed by atoms with van der Waals surface area (Å²) in [4.78, 5) is 0. The zero-order chi connectivity index (χ0) is 19.5. The number of para-hydroxylation sites is 1. The van der Waals surface area contributed by atoms with Crippen molar-refractivity contribution in [3.8, 4) is 22.3 Å². The fourth-order valence-electron chi connectivity index (χ4n) is 3.85. The lowest BCUT2D eigenvalue weighted by atomic mass is 9.91. The van der Waals surface area contributed by atoms with E-state index in [1.807, 2.05) is 18.2 Å². The van der Waals surface area contributed by atoms with Crippen molar-refractivity contribution >= 4 is 22.1 Å². The van der Waals surface area contributed by atoms with Crippen LogP contribution in [0.2, 0.25) is 0 Å². The molecule has 5 rings (SSSR count). The van der Waals surface area contributed by atoms with Gasteiger partial charge in [0, 0.05) is 11.4 Å². The SMILES string of the molecule is c1ccc(Nc2ccc(-c3ccccc3-c3cccc4ccccc34)cc2)cc1. The molecule has 0 radical (unpaired) electrons. The van der Waals surface area contributed by atoms with E-state index in [0.29, 0.717) is 0 Å². The van der Waals surface area contributed by atoms with Gasteiger partial charge in [0.25, 0.3) is 0 Å². The minimum absolute atomic E-state index is 1.09. The molecule has 1 N–H and O–H groups in total. The minimum atomic E-state index is 1.09. The third kappa shape index (κ3) is 3.51. The summed E-state index contributed by atoms with van der Waals surface area (Å²) in [7, 11) is 0. The van der Waals surface area contributed by atoms with Crippen LogP contribution in [0.15, 0.2) is 121 Å². The summed E-state index contributed by atoms with van der Waals surface area (Å²) in [5.41, 5.74) is 7.17. The summed E-state index contributed by atoms with van der Waals surface area (Å²) in [6.07, 6.45) is 0. The van der Waals surface area contributed by atoms with Gasteiger partial charge in [-0.25, -0.2) is 0 Å². The molecule has 0 heterocycles. The number of fused-ring (bicyclic) bond motifs is 1. The summed E-state index contributed by atoms with van der Waals surface area (Å²) in [6, 6.07) is 42.7. The Hall–Kier alpha value is -3.84. The molecule has 5 aromatic rings. The number of anilines is 2. The van der Waals surface area contributed by atoms with Crippen LogP contribution in [0.4, 0.5) is 11.4 Å². The molecular weight excluding hydrogens is 350 g/mol. The van der Waals surface area contributed by atoms with Crippen molar-refractivity contribution in [1.82, 2.24) is 0 Å². The largest absolute Gasteiger partial charge is 0.356 e. The maximum Gasteiger partial charge on any atom is 0.0384 e. The number of nitrogens with one attached hydrogen (secondary N) is 1. The second-order valence-electron chi connectivity index (χ2n) is 7.14. The van der Waals surface area contributed by atoms with Gasteiger partial charge in [-0.1, -0.05) is 97.1 Å². The first-order chi connectivity index (χ1) is 14.4. The van der Waals surface area contributed by atoms with Crippen molar-refractivity contribution in [2.24, 2.45) is 0 Å². The average molecular weight is 371 g/mol. The van der Waals surface area contributed by atoms with Gasteiger partial charge in [-0.05, 0) is 57.3 Å². The molecule has 1 nitrogen and oxygen atoms in total. The molecular formula is C28H21N. The van der Waals surface area contributed by atoms with Gasteiger partial charge in [0.2, 0.25) is 0 Å². The van der Waals surface area contributed by atoms with Gasteiger partial charge < -0.3 is 5.32 Å². The molecule has 0 saturated carbocycles. The molecule has 0 amide bonds. The van der Waals surface area contributed by atoms with Crippen LogP contribution in [-0.4, -0.2) is 0 Å². The fraction of sp³-hybridized carbons (Fsp3) is 0. The Kier molecular flexibility index (Phi) is 4.56. The van der Waals surface area contributed by atoms with E-state index in [1.54, 1.807) is 0 Å². The van der Waals surface area contributed by atoms with Crippen LogP contribution in [0.5, 0.6) is 0 Å². The predicted molar refractivity (Wildman–Crippen MR) is 125 cm³/mol. The summed E-state index contributed by atoms with van der Waals surface area (Å²) in [5.74, 6) is 0. The third-order valence-electron chi connectivity index (χ3n) is 5.27. The molecule has 0 fully saturated rings. The van der Waals surface area contributed by atoms with Crippen LogP contribution in [0, 0.1) is 0 Å². The van der Waals surface area contributed by atoms with Crippen LogP contribution in [-0.2, 0) is 0 Å². The smallest absolute Gasteiger partial charge is 0.0384 e. The van der Waals surface area contributed by atoms with Crippen LogP contribution in [0.1, 0.15) is 0 Å². The molecule has 138 valence electrons. The summed E-state index contributed by atoms with van der Waals surface area (Å²) >= 11 is 0. The van der Waals surface area contributed by atoms with Gasteiger partial charge in [-0.3, -0.25) is 0 Å². The Labute approximate surface area is 171 Å². The van der Waals surface area contributed by atoms with E-state index in [-0.39, 0.29) is 0 Å². The Bertz CT molecular complexity index is 1250. The lowest BCUT2D eigenvalue weighted by Gasteiger charge is -2.13. The van der Waals surface area contributed by atoms with Gasteiger partial charge in [-0.2, -0.15) is 0 Å². The minimum Gasteiger partial charge on any atom is -0.356 e. The Morgan fingerprint density at radius 1 is 0.379 bits per heavy atom. The van der Waals surface area contributed by atoms with Crippen molar-refractivity contribution in [3.05, 3.63) is 121 Å². The molecule has 29 heavy (non-hydrogen) atoms. The number of hydrogen-bond donors (Lipinski definition) is 1. The maximum absolute atomic E-state index is 3.45. The monoisotopic (exact) mass is 371 g/mol. The summed E-state index contributed by atoms with van der Waals surface area (Å²) < 4.78 is 0. The van der Waals surface area contributed by atoms with Gasteiger partial charge in [0.15, 0.2) is 0 Å². The van der Waals surface area contributed by atoms with Crippen LogP contribution >= 0.6 is 0 Å². The van der Waals surface area contributed by atoms with Gasteiger partial charge in [0.05, 0.1) is 0 Å². The topological polar surface area (TPSA) is 12.0 Å². The molecule has 0 aromatic heterocycles. The fourth-order valence-corrected chi connectivity index (χ4v) is 3.85. The lowest BCUT2D eigenvalue weighted by Crippen LogP contribution is -1.90. The van der Waals surface area contributed by atoms with Crippen molar-refractivity contribution in [3.63, 3.8) is 0 Å². The Morgan fingerprint density at radius 2 is 0.966 bits per heavy atom. The Morgan fingerprint density at radius 3 is 1.79 bits per heavy atom. The normalized spacial score (nSPS) is 10.8. The molecule has 0 saturated heterocycles. The predicted octanol–water partition coefficient (Wildman–Crippen LogP) is 7.92. The number of hydrogen-bond acceptors (Lipinski definition) is 1. The molecule has 1 heteroatoms. The van der Waals surface area contributed by atoms with E-state index in [4.69, 9.17) is 0 Å². The van der Waals surface area contributed by atoms with E-state index < -0.39 is 0 Å². The highest BCUT2D eigenvalue weighted by atomic mass is 14.9.